The Morgan fingerprint density at radius 1 is 1.40 bits per heavy atom. The maximum absolute atomic E-state index is 12.4. The molecule has 0 aliphatic carbocycles. The average molecular weight is 307 g/mol. The highest BCUT2D eigenvalue weighted by Crippen LogP contribution is 2.38. The fourth-order valence-corrected chi connectivity index (χ4v) is 2.28. The SMILES string of the molecule is CCCC(O)CNC(=O)c1ccccc1SC(F)(F)F. The molecule has 0 saturated carbocycles. The van der Waals surface area contributed by atoms with Gasteiger partial charge in [0, 0.05) is 11.4 Å². The van der Waals surface area contributed by atoms with Gasteiger partial charge in [-0.3, -0.25) is 4.79 Å². The molecule has 0 aliphatic heterocycles. The molecule has 0 radical (unpaired) electrons. The number of carbonyl (C=O) groups excluding carboxylic acids is 1. The van der Waals surface area contributed by atoms with E-state index in [0.29, 0.717) is 6.42 Å². The Bertz CT molecular complexity index is 451. The number of hydrogen-bond acceptors (Lipinski definition) is 3. The van der Waals surface area contributed by atoms with Gasteiger partial charge < -0.3 is 10.4 Å². The number of aliphatic hydroxyl groups excluding tert-OH is 1. The van der Waals surface area contributed by atoms with Gasteiger partial charge in [0.2, 0.25) is 0 Å². The van der Waals surface area contributed by atoms with Crippen molar-refractivity contribution in [1.29, 1.82) is 0 Å². The van der Waals surface area contributed by atoms with Gasteiger partial charge in [-0.2, -0.15) is 13.2 Å². The van der Waals surface area contributed by atoms with E-state index in [0.717, 1.165) is 6.42 Å². The van der Waals surface area contributed by atoms with E-state index in [9.17, 15) is 23.1 Å². The van der Waals surface area contributed by atoms with Gasteiger partial charge in [0.05, 0.1) is 11.7 Å². The lowest BCUT2D eigenvalue weighted by atomic mass is 10.2. The fourth-order valence-electron chi connectivity index (χ4n) is 1.61. The van der Waals surface area contributed by atoms with Gasteiger partial charge in [0.15, 0.2) is 0 Å². The summed E-state index contributed by atoms with van der Waals surface area (Å²) in [7, 11) is 0. The molecule has 1 atom stereocenters. The van der Waals surface area contributed by atoms with Gasteiger partial charge in [0.25, 0.3) is 5.91 Å². The molecule has 7 heteroatoms. The molecule has 0 saturated heterocycles. The second-order valence-corrected chi connectivity index (χ2v) is 5.30. The molecular weight excluding hydrogens is 291 g/mol. The monoisotopic (exact) mass is 307 g/mol. The van der Waals surface area contributed by atoms with Crippen molar-refractivity contribution in [2.24, 2.45) is 0 Å². The third-order valence-electron chi connectivity index (χ3n) is 2.48. The summed E-state index contributed by atoms with van der Waals surface area (Å²) in [6.45, 7) is 1.91. The van der Waals surface area contributed by atoms with Crippen LogP contribution in [0, 0.1) is 0 Å². The minimum Gasteiger partial charge on any atom is -0.391 e. The lowest BCUT2D eigenvalue weighted by molar-refractivity contribution is -0.0328. The summed E-state index contributed by atoms with van der Waals surface area (Å²) in [5.74, 6) is -0.618. The Kier molecular flexibility index (Phi) is 6.35. The number of nitrogens with one attached hydrogen (secondary N) is 1. The molecule has 0 heterocycles. The van der Waals surface area contributed by atoms with Crippen LogP contribution in [0.5, 0.6) is 0 Å². The van der Waals surface area contributed by atoms with Crippen molar-refractivity contribution in [3.05, 3.63) is 29.8 Å². The molecule has 1 aromatic carbocycles. The number of rotatable bonds is 6. The van der Waals surface area contributed by atoms with Crippen molar-refractivity contribution < 1.29 is 23.1 Å². The third-order valence-corrected chi connectivity index (χ3v) is 3.28. The highest BCUT2D eigenvalue weighted by atomic mass is 32.2. The van der Waals surface area contributed by atoms with Crippen molar-refractivity contribution in [1.82, 2.24) is 5.32 Å². The van der Waals surface area contributed by atoms with Crippen LogP contribution < -0.4 is 5.32 Å². The molecule has 3 nitrogen and oxygen atoms in total. The predicted octanol–water partition coefficient (Wildman–Crippen LogP) is 3.19. The highest BCUT2D eigenvalue weighted by Gasteiger charge is 2.31. The topological polar surface area (TPSA) is 49.3 Å². The van der Waals surface area contributed by atoms with Crippen LogP contribution in [0.15, 0.2) is 29.2 Å². The first-order valence-corrected chi connectivity index (χ1v) is 6.96. The zero-order chi connectivity index (χ0) is 15.2. The van der Waals surface area contributed by atoms with E-state index in [-0.39, 0.29) is 28.8 Å². The van der Waals surface area contributed by atoms with Crippen LogP contribution in [0.25, 0.3) is 0 Å². The molecule has 0 spiro atoms. The molecule has 20 heavy (non-hydrogen) atoms. The summed E-state index contributed by atoms with van der Waals surface area (Å²) >= 11 is -0.323. The molecule has 2 N–H and O–H groups in total. The second-order valence-electron chi connectivity index (χ2n) is 4.20. The number of alkyl halides is 3. The zero-order valence-corrected chi connectivity index (χ0v) is 11.7. The second kappa shape index (κ2) is 7.54. The normalized spacial score (nSPS) is 13.1. The quantitative estimate of drug-likeness (QED) is 0.794. The zero-order valence-electron chi connectivity index (χ0n) is 10.9. The summed E-state index contributed by atoms with van der Waals surface area (Å²) in [4.78, 5) is 11.7. The van der Waals surface area contributed by atoms with E-state index >= 15 is 0 Å². The number of halogens is 3. The van der Waals surface area contributed by atoms with Crippen molar-refractivity contribution in [3.8, 4) is 0 Å². The standard InChI is InChI=1S/C13H16F3NO2S/c1-2-5-9(18)8-17-12(19)10-6-3-4-7-11(10)20-13(14,15)16/h3-4,6-7,9,18H,2,5,8H2,1H3,(H,17,19). The first-order valence-electron chi connectivity index (χ1n) is 6.14. The highest BCUT2D eigenvalue weighted by molar-refractivity contribution is 8.00. The summed E-state index contributed by atoms with van der Waals surface area (Å²) in [5, 5.41) is 11.9. The Morgan fingerprint density at radius 2 is 2.05 bits per heavy atom. The largest absolute Gasteiger partial charge is 0.446 e. The number of amides is 1. The first-order chi connectivity index (χ1) is 9.33. The number of thioether (sulfide) groups is 1. The molecule has 0 aliphatic rings. The van der Waals surface area contributed by atoms with Crippen LogP contribution in [0.4, 0.5) is 13.2 Å². The van der Waals surface area contributed by atoms with E-state index in [4.69, 9.17) is 0 Å². The minimum atomic E-state index is -4.45. The van der Waals surface area contributed by atoms with Crippen LogP contribution in [0.2, 0.25) is 0 Å². The number of hydrogen-bond donors (Lipinski definition) is 2. The Labute approximate surface area is 119 Å². The van der Waals surface area contributed by atoms with Crippen molar-refractivity contribution in [2.45, 2.75) is 36.3 Å². The van der Waals surface area contributed by atoms with Crippen molar-refractivity contribution in [2.75, 3.05) is 6.54 Å². The maximum Gasteiger partial charge on any atom is 0.446 e. The molecule has 112 valence electrons. The summed E-state index contributed by atoms with van der Waals surface area (Å²) in [6.07, 6.45) is 0.600. The Hall–Kier alpha value is -1.21. The van der Waals surface area contributed by atoms with E-state index < -0.39 is 17.5 Å². The molecular formula is C13H16F3NO2S. The summed E-state index contributed by atoms with van der Waals surface area (Å²) in [5.41, 5.74) is -4.49. The lowest BCUT2D eigenvalue weighted by Gasteiger charge is -2.13. The van der Waals surface area contributed by atoms with Crippen LogP contribution in [-0.4, -0.2) is 29.2 Å². The van der Waals surface area contributed by atoms with Gasteiger partial charge in [-0.25, -0.2) is 0 Å². The minimum absolute atomic E-state index is 0.0255. The lowest BCUT2D eigenvalue weighted by Crippen LogP contribution is -2.32. The smallest absolute Gasteiger partial charge is 0.391 e. The Morgan fingerprint density at radius 3 is 2.65 bits per heavy atom. The van der Waals surface area contributed by atoms with Gasteiger partial charge in [-0.05, 0) is 30.3 Å². The predicted molar refractivity (Wildman–Crippen MR) is 71.6 cm³/mol. The van der Waals surface area contributed by atoms with Gasteiger partial charge in [-0.1, -0.05) is 25.5 Å². The van der Waals surface area contributed by atoms with Gasteiger partial charge in [0.1, 0.15) is 0 Å². The van der Waals surface area contributed by atoms with Crippen LogP contribution in [-0.2, 0) is 0 Å². The van der Waals surface area contributed by atoms with E-state index in [1.165, 1.54) is 24.3 Å². The number of benzene rings is 1. The van der Waals surface area contributed by atoms with Crippen molar-refractivity contribution in [3.63, 3.8) is 0 Å². The molecule has 1 amide bonds. The van der Waals surface area contributed by atoms with E-state index in [2.05, 4.69) is 5.32 Å². The first kappa shape index (κ1) is 16.8. The number of aliphatic hydroxyl groups is 1. The van der Waals surface area contributed by atoms with Gasteiger partial charge >= 0.3 is 5.51 Å². The molecule has 1 unspecified atom stereocenters. The maximum atomic E-state index is 12.4. The van der Waals surface area contributed by atoms with E-state index in [1.807, 2.05) is 6.92 Å². The van der Waals surface area contributed by atoms with Crippen LogP contribution in [0.1, 0.15) is 30.1 Å². The number of carbonyl (C=O) groups is 1. The van der Waals surface area contributed by atoms with Crippen LogP contribution >= 0.6 is 11.8 Å². The molecule has 0 aromatic heterocycles. The molecule has 0 fully saturated rings. The average Bonchev–Trinajstić information content (AvgIpc) is 2.35. The fraction of sp³-hybridized carbons (Fsp3) is 0.462. The molecule has 1 aromatic rings. The Balaban J connectivity index is 2.73. The summed E-state index contributed by atoms with van der Waals surface area (Å²) < 4.78 is 37.2. The molecule has 1 rings (SSSR count). The van der Waals surface area contributed by atoms with Crippen LogP contribution in [0.3, 0.4) is 0 Å². The van der Waals surface area contributed by atoms with E-state index in [1.54, 1.807) is 0 Å². The van der Waals surface area contributed by atoms with Gasteiger partial charge in [-0.15, -0.1) is 0 Å². The third kappa shape index (κ3) is 5.83. The van der Waals surface area contributed by atoms with Crippen molar-refractivity contribution >= 4 is 17.7 Å². The summed E-state index contributed by atoms with van der Waals surface area (Å²) in [6, 6.07) is 5.51. The molecule has 0 bridgehead atoms.